The van der Waals surface area contributed by atoms with Crippen molar-refractivity contribution in [3.63, 3.8) is 0 Å². The zero-order valence-corrected chi connectivity index (χ0v) is 9.88. The Balaban J connectivity index is 2.50. The van der Waals surface area contributed by atoms with E-state index in [9.17, 15) is 4.79 Å². The maximum absolute atomic E-state index is 10.8. The number of carboxylic acid groups (broad SMARTS) is 1. The van der Waals surface area contributed by atoms with Crippen molar-refractivity contribution >= 4 is 17.7 Å². The second-order valence-electron chi connectivity index (χ2n) is 4.04. The van der Waals surface area contributed by atoms with Gasteiger partial charge in [-0.2, -0.15) is 11.8 Å². The average molecular weight is 217 g/mol. The maximum atomic E-state index is 10.8. The Morgan fingerprint density at radius 2 is 2.21 bits per heavy atom. The van der Waals surface area contributed by atoms with Gasteiger partial charge in [-0.05, 0) is 6.92 Å². The van der Waals surface area contributed by atoms with Crippen molar-refractivity contribution in [1.29, 1.82) is 0 Å². The van der Waals surface area contributed by atoms with E-state index >= 15 is 0 Å². The quantitative estimate of drug-likeness (QED) is 0.778. The monoisotopic (exact) mass is 217 g/mol. The Morgan fingerprint density at radius 1 is 1.57 bits per heavy atom. The summed E-state index contributed by atoms with van der Waals surface area (Å²) in [5, 5.41) is 9.55. The molecule has 0 radical (unpaired) electrons. The van der Waals surface area contributed by atoms with Gasteiger partial charge in [-0.25, -0.2) is 0 Å². The van der Waals surface area contributed by atoms with Crippen LogP contribution in [0.25, 0.3) is 0 Å². The Kier molecular flexibility index (Phi) is 4.26. The number of hydrogen-bond acceptors (Lipinski definition) is 3. The Bertz CT molecular complexity index is 210. The standard InChI is InChI=1S/C10H19NO2S/c1-7-6-11(4-5-14-7)9(3)8(2)10(12)13/h7-9H,4-6H2,1-3H3,(H,12,13). The minimum absolute atomic E-state index is 0.149. The number of rotatable bonds is 3. The third kappa shape index (κ3) is 2.89. The Labute approximate surface area is 89.9 Å². The molecule has 4 heteroatoms. The molecule has 0 aromatic carbocycles. The average Bonchev–Trinajstić information content (AvgIpc) is 2.15. The van der Waals surface area contributed by atoms with Gasteiger partial charge in [0.05, 0.1) is 5.92 Å². The molecule has 82 valence electrons. The third-order valence-corrected chi connectivity index (χ3v) is 4.10. The van der Waals surface area contributed by atoms with Crippen molar-refractivity contribution in [2.24, 2.45) is 5.92 Å². The highest BCUT2D eigenvalue weighted by Gasteiger charge is 2.28. The first kappa shape index (κ1) is 11.9. The van der Waals surface area contributed by atoms with E-state index in [0.29, 0.717) is 5.25 Å². The number of carboxylic acids is 1. The normalized spacial score (nSPS) is 28.4. The zero-order valence-electron chi connectivity index (χ0n) is 9.06. The summed E-state index contributed by atoms with van der Waals surface area (Å²) in [6.45, 7) is 8.05. The topological polar surface area (TPSA) is 40.5 Å². The van der Waals surface area contributed by atoms with E-state index in [1.165, 1.54) is 0 Å². The smallest absolute Gasteiger partial charge is 0.307 e. The summed E-state index contributed by atoms with van der Waals surface area (Å²) < 4.78 is 0. The molecule has 3 atom stereocenters. The Morgan fingerprint density at radius 3 is 2.71 bits per heavy atom. The predicted molar refractivity (Wildman–Crippen MR) is 59.8 cm³/mol. The highest BCUT2D eigenvalue weighted by molar-refractivity contribution is 7.99. The van der Waals surface area contributed by atoms with E-state index in [4.69, 9.17) is 5.11 Å². The molecule has 0 spiro atoms. The molecule has 0 aliphatic carbocycles. The lowest BCUT2D eigenvalue weighted by Gasteiger charge is -2.36. The van der Waals surface area contributed by atoms with Gasteiger partial charge < -0.3 is 5.11 Å². The number of thioether (sulfide) groups is 1. The molecule has 1 heterocycles. The summed E-state index contributed by atoms with van der Waals surface area (Å²) in [7, 11) is 0. The molecule has 1 fully saturated rings. The molecule has 0 saturated carbocycles. The predicted octanol–water partition coefficient (Wildman–Crippen LogP) is 1.53. The molecule has 0 aromatic rings. The van der Waals surface area contributed by atoms with Gasteiger partial charge in [0, 0.05) is 30.1 Å². The fourth-order valence-electron chi connectivity index (χ4n) is 1.74. The molecule has 0 amide bonds. The van der Waals surface area contributed by atoms with Gasteiger partial charge in [0.1, 0.15) is 0 Å². The van der Waals surface area contributed by atoms with Gasteiger partial charge in [-0.15, -0.1) is 0 Å². The zero-order chi connectivity index (χ0) is 10.7. The van der Waals surface area contributed by atoms with Crippen LogP contribution in [-0.4, -0.2) is 46.1 Å². The van der Waals surface area contributed by atoms with Gasteiger partial charge in [0.2, 0.25) is 0 Å². The fraction of sp³-hybridized carbons (Fsp3) is 0.900. The lowest BCUT2D eigenvalue weighted by Crippen LogP contribution is -2.46. The van der Waals surface area contributed by atoms with E-state index < -0.39 is 5.97 Å². The number of carbonyl (C=O) groups is 1. The largest absolute Gasteiger partial charge is 0.481 e. The van der Waals surface area contributed by atoms with Crippen molar-refractivity contribution in [3.8, 4) is 0 Å². The van der Waals surface area contributed by atoms with Crippen LogP contribution in [0.3, 0.4) is 0 Å². The molecule has 1 rings (SSSR count). The van der Waals surface area contributed by atoms with E-state index in [1.54, 1.807) is 6.92 Å². The first-order chi connectivity index (χ1) is 6.52. The van der Waals surface area contributed by atoms with E-state index in [2.05, 4.69) is 11.8 Å². The minimum Gasteiger partial charge on any atom is -0.481 e. The minimum atomic E-state index is -0.691. The van der Waals surface area contributed by atoms with Gasteiger partial charge >= 0.3 is 5.97 Å². The van der Waals surface area contributed by atoms with Crippen LogP contribution in [0, 0.1) is 5.92 Å². The van der Waals surface area contributed by atoms with Crippen LogP contribution in [0.1, 0.15) is 20.8 Å². The van der Waals surface area contributed by atoms with Crippen LogP contribution in [0.2, 0.25) is 0 Å². The Hall–Kier alpha value is -0.220. The van der Waals surface area contributed by atoms with Gasteiger partial charge in [0.25, 0.3) is 0 Å². The highest BCUT2D eigenvalue weighted by Crippen LogP contribution is 2.22. The van der Waals surface area contributed by atoms with Gasteiger partial charge in [-0.1, -0.05) is 13.8 Å². The first-order valence-electron chi connectivity index (χ1n) is 5.11. The SMILES string of the molecule is CC1CN(C(C)C(C)C(=O)O)CCS1. The highest BCUT2D eigenvalue weighted by atomic mass is 32.2. The van der Waals surface area contributed by atoms with Crippen molar-refractivity contribution in [1.82, 2.24) is 4.90 Å². The van der Waals surface area contributed by atoms with Crippen molar-refractivity contribution in [3.05, 3.63) is 0 Å². The van der Waals surface area contributed by atoms with Gasteiger partial charge in [0.15, 0.2) is 0 Å². The summed E-state index contributed by atoms with van der Waals surface area (Å²) in [5.41, 5.74) is 0. The lowest BCUT2D eigenvalue weighted by molar-refractivity contribution is -0.143. The van der Waals surface area contributed by atoms with E-state index in [-0.39, 0.29) is 12.0 Å². The fourth-order valence-corrected chi connectivity index (χ4v) is 2.78. The molecule has 3 unspecified atom stereocenters. The summed E-state index contributed by atoms with van der Waals surface area (Å²) in [4.78, 5) is 13.1. The van der Waals surface area contributed by atoms with Crippen LogP contribution >= 0.6 is 11.8 Å². The van der Waals surface area contributed by atoms with E-state index in [0.717, 1.165) is 18.8 Å². The third-order valence-electron chi connectivity index (χ3n) is 2.96. The molecule has 0 bridgehead atoms. The molecule has 0 aromatic heterocycles. The van der Waals surface area contributed by atoms with Crippen molar-refractivity contribution < 1.29 is 9.90 Å². The molecular formula is C10H19NO2S. The number of hydrogen-bond donors (Lipinski definition) is 1. The van der Waals surface area contributed by atoms with Crippen molar-refractivity contribution in [2.75, 3.05) is 18.8 Å². The molecule has 1 saturated heterocycles. The second kappa shape index (κ2) is 5.03. The van der Waals surface area contributed by atoms with Crippen LogP contribution in [0.4, 0.5) is 0 Å². The maximum Gasteiger partial charge on any atom is 0.307 e. The first-order valence-corrected chi connectivity index (χ1v) is 6.15. The number of aliphatic carboxylic acids is 1. The van der Waals surface area contributed by atoms with Crippen LogP contribution in [0.15, 0.2) is 0 Å². The van der Waals surface area contributed by atoms with Crippen molar-refractivity contribution in [2.45, 2.75) is 32.1 Å². The summed E-state index contributed by atoms with van der Waals surface area (Å²) >= 11 is 1.97. The van der Waals surface area contributed by atoms with Crippen LogP contribution < -0.4 is 0 Å². The second-order valence-corrected chi connectivity index (χ2v) is 5.59. The van der Waals surface area contributed by atoms with Crippen LogP contribution in [0.5, 0.6) is 0 Å². The molecule has 1 aliphatic heterocycles. The summed E-state index contributed by atoms with van der Waals surface area (Å²) in [6, 6.07) is 0.149. The summed E-state index contributed by atoms with van der Waals surface area (Å²) in [6.07, 6.45) is 0. The molecule has 1 aliphatic rings. The number of nitrogens with zero attached hydrogens (tertiary/aromatic N) is 1. The molecule has 1 N–H and O–H groups in total. The molecule has 3 nitrogen and oxygen atoms in total. The summed E-state index contributed by atoms with van der Waals surface area (Å²) in [5.74, 6) is 0.159. The molecule has 14 heavy (non-hydrogen) atoms. The van der Waals surface area contributed by atoms with Crippen LogP contribution in [-0.2, 0) is 4.79 Å². The lowest BCUT2D eigenvalue weighted by atomic mass is 10.0. The molecular weight excluding hydrogens is 198 g/mol. The van der Waals surface area contributed by atoms with E-state index in [1.807, 2.05) is 18.7 Å². The van der Waals surface area contributed by atoms with Gasteiger partial charge in [-0.3, -0.25) is 9.69 Å².